The van der Waals surface area contributed by atoms with Crippen molar-refractivity contribution in [3.8, 4) is 23.0 Å². The van der Waals surface area contributed by atoms with E-state index in [1.165, 1.54) is 0 Å². The molecule has 1 amide bonds. The Morgan fingerprint density at radius 2 is 1.70 bits per heavy atom. The second-order valence-corrected chi connectivity index (χ2v) is 5.88. The fourth-order valence-corrected chi connectivity index (χ4v) is 2.44. The van der Waals surface area contributed by atoms with Crippen LogP contribution in [0, 0.1) is 0 Å². The number of rotatable bonds is 6. The molecular formula is C19H20N4O4. The van der Waals surface area contributed by atoms with E-state index in [0.717, 1.165) is 5.69 Å². The molecule has 3 aromatic rings. The van der Waals surface area contributed by atoms with Crippen LogP contribution in [-0.4, -0.2) is 44.4 Å². The van der Waals surface area contributed by atoms with Crippen molar-refractivity contribution < 1.29 is 18.7 Å². The van der Waals surface area contributed by atoms with Gasteiger partial charge in [-0.25, -0.2) is 0 Å². The maximum atomic E-state index is 12.3. The van der Waals surface area contributed by atoms with Crippen molar-refractivity contribution in [2.24, 2.45) is 0 Å². The van der Waals surface area contributed by atoms with Gasteiger partial charge in [0.15, 0.2) is 11.5 Å². The molecule has 0 saturated carbocycles. The smallest absolute Gasteiger partial charge is 0.322 e. The molecule has 8 heteroatoms. The standard InChI is InChI=1S/C19H20N4O4/c1-23(2)14-8-5-12(6-9-14)17(24)20-19-22-21-18(27-19)13-7-10-15(25-3)16(11-13)26-4/h5-11H,1-4H3,(H,20,22,24). The molecule has 140 valence electrons. The summed E-state index contributed by atoms with van der Waals surface area (Å²) in [6.07, 6.45) is 0. The van der Waals surface area contributed by atoms with Crippen LogP contribution in [-0.2, 0) is 0 Å². The summed E-state index contributed by atoms with van der Waals surface area (Å²) < 4.78 is 16.0. The second-order valence-electron chi connectivity index (χ2n) is 5.88. The monoisotopic (exact) mass is 368 g/mol. The first-order valence-electron chi connectivity index (χ1n) is 8.16. The fourth-order valence-electron chi connectivity index (χ4n) is 2.44. The normalized spacial score (nSPS) is 10.4. The molecule has 0 aliphatic carbocycles. The minimum atomic E-state index is -0.331. The number of methoxy groups -OCH3 is 2. The number of anilines is 2. The van der Waals surface area contributed by atoms with Crippen LogP contribution < -0.4 is 19.7 Å². The van der Waals surface area contributed by atoms with E-state index in [2.05, 4.69) is 15.5 Å². The number of nitrogens with one attached hydrogen (secondary N) is 1. The second kappa shape index (κ2) is 7.77. The van der Waals surface area contributed by atoms with Gasteiger partial charge in [-0.15, -0.1) is 5.10 Å². The van der Waals surface area contributed by atoms with E-state index in [9.17, 15) is 4.79 Å². The van der Waals surface area contributed by atoms with Crippen LogP contribution in [0.3, 0.4) is 0 Å². The van der Waals surface area contributed by atoms with Crippen molar-refractivity contribution in [1.82, 2.24) is 10.2 Å². The van der Waals surface area contributed by atoms with E-state index >= 15 is 0 Å². The third kappa shape index (κ3) is 4.00. The average molecular weight is 368 g/mol. The van der Waals surface area contributed by atoms with Gasteiger partial charge in [0.1, 0.15) is 0 Å². The first-order valence-corrected chi connectivity index (χ1v) is 8.16. The van der Waals surface area contributed by atoms with E-state index in [4.69, 9.17) is 13.9 Å². The highest BCUT2D eigenvalue weighted by molar-refractivity contribution is 6.03. The molecule has 0 fully saturated rings. The highest BCUT2D eigenvalue weighted by atomic mass is 16.5. The molecule has 0 atom stereocenters. The van der Waals surface area contributed by atoms with Crippen molar-refractivity contribution in [3.05, 3.63) is 48.0 Å². The van der Waals surface area contributed by atoms with Gasteiger partial charge in [-0.3, -0.25) is 10.1 Å². The van der Waals surface area contributed by atoms with Gasteiger partial charge in [0.05, 0.1) is 14.2 Å². The van der Waals surface area contributed by atoms with E-state index in [-0.39, 0.29) is 17.8 Å². The molecule has 0 bridgehead atoms. The first-order chi connectivity index (χ1) is 13.0. The largest absolute Gasteiger partial charge is 0.493 e. The zero-order valence-corrected chi connectivity index (χ0v) is 15.5. The molecule has 8 nitrogen and oxygen atoms in total. The zero-order chi connectivity index (χ0) is 19.4. The lowest BCUT2D eigenvalue weighted by Crippen LogP contribution is -2.13. The SMILES string of the molecule is COc1ccc(-c2nnc(NC(=O)c3ccc(N(C)C)cc3)o2)cc1OC. The van der Waals surface area contributed by atoms with E-state index < -0.39 is 0 Å². The van der Waals surface area contributed by atoms with Gasteiger partial charge >= 0.3 is 6.01 Å². The van der Waals surface area contributed by atoms with Crippen LogP contribution in [0.5, 0.6) is 11.5 Å². The van der Waals surface area contributed by atoms with Gasteiger partial charge in [0, 0.05) is 30.9 Å². The van der Waals surface area contributed by atoms with E-state index in [0.29, 0.717) is 22.6 Å². The fraction of sp³-hybridized carbons (Fsp3) is 0.211. The molecule has 0 spiro atoms. The molecule has 0 radical (unpaired) electrons. The van der Waals surface area contributed by atoms with Crippen LogP contribution >= 0.6 is 0 Å². The third-order valence-corrected chi connectivity index (χ3v) is 3.92. The van der Waals surface area contributed by atoms with Crippen molar-refractivity contribution in [3.63, 3.8) is 0 Å². The van der Waals surface area contributed by atoms with Gasteiger partial charge in [-0.1, -0.05) is 5.10 Å². The Morgan fingerprint density at radius 3 is 2.33 bits per heavy atom. The lowest BCUT2D eigenvalue weighted by Gasteiger charge is -2.12. The number of nitrogens with zero attached hydrogens (tertiary/aromatic N) is 3. The molecule has 3 rings (SSSR count). The van der Waals surface area contributed by atoms with Crippen LogP contribution in [0.25, 0.3) is 11.5 Å². The van der Waals surface area contributed by atoms with Crippen molar-refractivity contribution >= 4 is 17.6 Å². The van der Waals surface area contributed by atoms with Gasteiger partial charge in [-0.2, -0.15) is 0 Å². The minimum absolute atomic E-state index is 0.0153. The number of benzene rings is 2. The first kappa shape index (κ1) is 18.2. The molecule has 1 aromatic heterocycles. The predicted molar refractivity (Wildman–Crippen MR) is 102 cm³/mol. The quantitative estimate of drug-likeness (QED) is 0.715. The lowest BCUT2D eigenvalue weighted by molar-refractivity contribution is 0.102. The summed E-state index contributed by atoms with van der Waals surface area (Å²) in [5, 5.41) is 10.4. The summed E-state index contributed by atoms with van der Waals surface area (Å²) in [6.45, 7) is 0. The topological polar surface area (TPSA) is 89.7 Å². The molecule has 0 saturated heterocycles. The van der Waals surface area contributed by atoms with E-state index in [1.807, 2.05) is 31.1 Å². The molecule has 0 unspecified atom stereocenters. The number of aromatic nitrogens is 2. The maximum Gasteiger partial charge on any atom is 0.322 e. The zero-order valence-electron chi connectivity index (χ0n) is 15.5. The Hall–Kier alpha value is -3.55. The van der Waals surface area contributed by atoms with Crippen molar-refractivity contribution in [2.45, 2.75) is 0 Å². The van der Waals surface area contributed by atoms with Gasteiger partial charge < -0.3 is 18.8 Å². The number of ether oxygens (including phenoxy) is 2. The van der Waals surface area contributed by atoms with Crippen LogP contribution in [0.4, 0.5) is 11.7 Å². The Balaban J connectivity index is 1.75. The number of carbonyl (C=O) groups is 1. The Morgan fingerprint density at radius 1 is 1.00 bits per heavy atom. The molecule has 27 heavy (non-hydrogen) atoms. The summed E-state index contributed by atoms with van der Waals surface area (Å²) >= 11 is 0. The molecule has 1 N–H and O–H groups in total. The minimum Gasteiger partial charge on any atom is -0.493 e. The Bertz CT molecular complexity index is 935. The van der Waals surface area contributed by atoms with Crippen LogP contribution in [0.2, 0.25) is 0 Å². The summed E-state index contributed by atoms with van der Waals surface area (Å²) in [5.41, 5.74) is 2.14. The Labute approximate surface area is 156 Å². The van der Waals surface area contributed by atoms with Gasteiger partial charge in [0.2, 0.25) is 5.89 Å². The number of hydrogen-bond donors (Lipinski definition) is 1. The molecule has 1 heterocycles. The average Bonchev–Trinajstić information content (AvgIpc) is 3.15. The summed E-state index contributed by atoms with van der Waals surface area (Å²) in [5.74, 6) is 1.06. The van der Waals surface area contributed by atoms with Crippen molar-refractivity contribution in [2.75, 3.05) is 38.5 Å². The van der Waals surface area contributed by atoms with Crippen molar-refractivity contribution in [1.29, 1.82) is 0 Å². The Kier molecular flexibility index (Phi) is 5.25. The predicted octanol–water partition coefficient (Wildman–Crippen LogP) is 3.07. The molecule has 0 aliphatic rings. The third-order valence-electron chi connectivity index (χ3n) is 3.92. The summed E-state index contributed by atoms with van der Waals surface area (Å²) in [4.78, 5) is 14.3. The summed E-state index contributed by atoms with van der Waals surface area (Å²) in [6, 6.07) is 12.4. The molecule has 0 aliphatic heterocycles. The van der Waals surface area contributed by atoms with Gasteiger partial charge in [0.25, 0.3) is 5.91 Å². The van der Waals surface area contributed by atoms with Crippen LogP contribution in [0.15, 0.2) is 46.9 Å². The maximum absolute atomic E-state index is 12.3. The molecular weight excluding hydrogens is 348 g/mol. The number of carbonyl (C=O) groups excluding carboxylic acids is 1. The molecule has 2 aromatic carbocycles. The number of hydrogen-bond acceptors (Lipinski definition) is 7. The van der Waals surface area contributed by atoms with E-state index in [1.54, 1.807) is 44.6 Å². The van der Waals surface area contributed by atoms with Crippen LogP contribution in [0.1, 0.15) is 10.4 Å². The lowest BCUT2D eigenvalue weighted by atomic mass is 10.2. The highest BCUT2D eigenvalue weighted by Crippen LogP contribution is 2.32. The highest BCUT2D eigenvalue weighted by Gasteiger charge is 2.15. The van der Waals surface area contributed by atoms with Gasteiger partial charge in [-0.05, 0) is 42.5 Å². The number of amides is 1. The summed E-state index contributed by atoms with van der Waals surface area (Å²) in [7, 11) is 6.97.